The van der Waals surface area contributed by atoms with E-state index in [-0.39, 0.29) is 13.2 Å². The SMILES string of the molecule is CCOC(=O)c1c(-c2ccccc2)oc2ccc(OCc3n[nH]c(=S)n3-c3ccccc3)cc12. The highest BCUT2D eigenvalue weighted by atomic mass is 32.1. The van der Waals surface area contributed by atoms with E-state index in [1.165, 1.54) is 0 Å². The summed E-state index contributed by atoms with van der Waals surface area (Å²) in [7, 11) is 0. The van der Waals surface area contributed by atoms with Crippen LogP contribution in [0.25, 0.3) is 28.0 Å². The fourth-order valence-electron chi connectivity index (χ4n) is 3.78. The predicted octanol–water partition coefficient (Wildman–Crippen LogP) is 6.10. The monoisotopic (exact) mass is 471 g/mol. The zero-order valence-corrected chi connectivity index (χ0v) is 19.2. The van der Waals surface area contributed by atoms with Gasteiger partial charge >= 0.3 is 5.97 Å². The van der Waals surface area contributed by atoms with E-state index >= 15 is 0 Å². The van der Waals surface area contributed by atoms with Crippen LogP contribution in [0.1, 0.15) is 23.1 Å². The number of nitrogens with one attached hydrogen (secondary N) is 1. The minimum Gasteiger partial charge on any atom is -0.486 e. The highest BCUT2D eigenvalue weighted by molar-refractivity contribution is 7.71. The molecule has 5 rings (SSSR count). The third-order valence-electron chi connectivity index (χ3n) is 5.30. The highest BCUT2D eigenvalue weighted by Crippen LogP contribution is 2.36. The third-order valence-corrected chi connectivity index (χ3v) is 5.57. The molecule has 5 aromatic rings. The van der Waals surface area contributed by atoms with E-state index < -0.39 is 5.97 Å². The van der Waals surface area contributed by atoms with Crippen LogP contribution in [0.2, 0.25) is 0 Å². The first kappa shape index (κ1) is 21.7. The standard InChI is InChI=1S/C26H21N3O4S/c1-2-31-25(30)23-20-15-19(13-14-21(20)33-24(23)17-9-5-3-6-10-17)32-16-22-27-28-26(34)29(22)18-11-7-4-8-12-18/h3-15H,2,16H2,1H3,(H,28,34). The largest absolute Gasteiger partial charge is 0.486 e. The van der Waals surface area contributed by atoms with Gasteiger partial charge in [0, 0.05) is 16.6 Å². The van der Waals surface area contributed by atoms with Gasteiger partial charge in [-0.3, -0.25) is 9.67 Å². The molecule has 2 heterocycles. The number of esters is 1. The Kier molecular flexibility index (Phi) is 5.97. The van der Waals surface area contributed by atoms with Crippen LogP contribution in [0.4, 0.5) is 0 Å². The first-order valence-corrected chi connectivity index (χ1v) is 11.2. The van der Waals surface area contributed by atoms with E-state index in [1.807, 2.05) is 65.2 Å². The molecule has 3 aromatic carbocycles. The van der Waals surface area contributed by atoms with Gasteiger partial charge in [0.2, 0.25) is 0 Å². The van der Waals surface area contributed by atoms with Crippen LogP contribution in [-0.2, 0) is 11.3 Å². The number of benzene rings is 3. The number of hydrogen-bond acceptors (Lipinski definition) is 6. The lowest BCUT2D eigenvalue weighted by atomic mass is 10.1. The molecular weight excluding hydrogens is 450 g/mol. The van der Waals surface area contributed by atoms with E-state index in [2.05, 4.69) is 10.2 Å². The van der Waals surface area contributed by atoms with Crippen LogP contribution in [0.3, 0.4) is 0 Å². The highest BCUT2D eigenvalue weighted by Gasteiger charge is 2.23. The van der Waals surface area contributed by atoms with Crippen LogP contribution >= 0.6 is 12.2 Å². The van der Waals surface area contributed by atoms with Crippen molar-refractivity contribution in [2.75, 3.05) is 6.61 Å². The van der Waals surface area contributed by atoms with Gasteiger partial charge in [0.15, 0.2) is 10.6 Å². The van der Waals surface area contributed by atoms with Gasteiger partial charge in [-0.25, -0.2) is 4.79 Å². The summed E-state index contributed by atoms with van der Waals surface area (Å²) in [4.78, 5) is 12.9. The van der Waals surface area contributed by atoms with Gasteiger partial charge < -0.3 is 13.9 Å². The summed E-state index contributed by atoms with van der Waals surface area (Å²) in [5, 5.41) is 7.75. The van der Waals surface area contributed by atoms with Crippen molar-refractivity contribution in [1.82, 2.24) is 14.8 Å². The van der Waals surface area contributed by atoms with Crippen LogP contribution in [-0.4, -0.2) is 27.3 Å². The van der Waals surface area contributed by atoms with Crippen molar-refractivity contribution in [3.63, 3.8) is 0 Å². The fraction of sp³-hybridized carbons (Fsp3) is 0.115. The number of rotatable bonds is 7. The van der Waals surface area contributed by atoms with E-state index in [1.54, 1.807) is 25.1 Å². The maximum absolute atomic E-state index is 12.9. The molecule has 0 fully saturated rings. The van der Waals surface area contributed by atoms with Crippen LogP contribution in [0.5, 0.6) is 5.75 Å². The molecule has 34 heavy (non-hydrogen) atoms. The van der Waals surface area contributed by atoms with E-state index in [4.69, 9.17) is 26.1 Å². The molecule has 0 bridgehead atoms. The van der Waals surface area contributed by atoms with Gasteiger partial charge in [0.25, 0.3) is 0 Å². The average molecular weight is 472 g/mol. The van der Waals surface area contributed by atoms with Crippen molar-refractivity contribution in [3.05, 3.63) is 95.0 Å². The average Bonchev–Trinajstić information content (AvgIpc) is 3.44. The molecule has 0 unspecified atom stereocenters. The Labute approximate surface area is 200 Å². The molecule has 0 aliphatic carbocycles. The molecule has 0 atom stereocenters. The zero-order valence-electron chi connectivity index (χ0n) is 18.4. The van der Waals surface area contributed by atoms with Crippen LogP contribution in [0, 0.1) is 4.77 Å². The smallest absolute Gasteiger partial charge is 0.342 e. The van der Waals surface area contributed by atoms with Crippen molar-refractivity contribution in [1.29, 1.82) is 0 Å². The van der Waals surface area contributed by atoms with E-state index in [9.17, 15) is 4.79 Å². The summed E-state index contributed by atoms with van der Waals surface area (Å²) in [5.41, 5.74) is 2.63. The molecule has 170 valence electrons. The van der Waals surface area contributed by atoms with Crippen molar-refractivity contribution >= 4 is 29.2 Å². The Bertz CT molecular complexity index is 1500. The Hall–Kier alpha value is -4.17. The minimum atomic E-state index is -0.442. The van der Waals surface area contributed by atoms with Gasteiger partial charge in [-0.05, 0) is 49.5 Å². The first-order chi connectivity index (χ1) is 16.7. The normalized spacial score (nSPS) is 11.0. The summed E-state index contributed by atoms with van der Waals surface area (Å²) < 4.78 is 19.7. The number of furan rings is 1. The minimum absolute atomic E-state index is 0.172. The molecule has 0 amide bonds. The summed E-state index contributed by atoms with van der Waals surface area (Å²) in [6.07, 6.45) is 0. The number of carbonyl (C=O) groups excluding carboxylic acids is 1. The summed E-state index contributed by atoms with van der Waals surface area (Å²) >= 11 is 5.39. The molecule has 0 radical (unpaired) electrons. The molecule has 2 aromatic heterocycles. The van der Waals surface area contributed by atoms with E-state index in [0.717, 1.165) is 11.3 Å². The number of H-pyrrole nitrogens is 1. The molecule has 0 saturated heterocycles. The molecule has 0 aliphatic rings. The van der Waals surface area contributed by atoms with Crippen molar-refractivity contribution in [2.45, 2.75) is 13.5 Å². The molecule has 1 N–H and O–H groups in total. The van der Waals surface area contributed by atoms with Gasteiger partial charge in [-0.15, -0.1) is 0 Å². The third kappa shape index (κ3) is 4.11. The Morgan fingerprint density at radius 2 is 1.79 bits per heavy atom. The number of fused-ring (bicyclic) bond motifs is 1. The second kappa shape index (κ2) is 9.36. The Morgan fingerprint density at radius 1 is 1.06 bits per heavy atom. The van der Waals surface area contributed by atoms with E-state index in [0.29, 0.717) is 38.6 Å². The van der Waals surface area contributed by atoms with Crippen molar-refractivity contribution < 1.29 is 18.7 Å². The number of para-hydroxylation sites is 1. The lowest BCUT2D eigenvalue weighted by Crippen LogP contribution is -2.06. The maximum atomic E-state index is 12.9. The second-order valence-electron chi connectivity index (χ2n) is 7.46. The molecular formula is C26H21N3O4S. The molecule has 0 saturated carbocycles. The van der Waals surface area contributed by atoms with Gasteiger partial charge in [0.05, 0.1) is 6.61 Å². The lowest BCUT2D eigenvalue weighted by Gasteiger charge is -2.09. The Balaban J connectivity index is 1.50. The van der Waals surface area contributed by atoms with Gasteiger partial charge in [0.1, 0.15) is 29.3 Å². The summed E-state index contributed by atoms with van der Waals surface area (Å²) in [6, 6.07) is 24.5. The van der Waals surface area contributed by atoms with Gasteiger partial charge in [-0.1, -0.05) is 48.5 Å². The summed E-state index contributed by atoms with van der Waals surface area (Å²) in [6.45, 7) is 2.21. The predicted molar refractivity (Wildman–Crippen MR) is 131 cm³/mol. The van der Waals surface area contributed by atoms with Crippen LogP contribution in [0.15, 0.2) is 83.3 Å². The molecule has 0 aliphatic heterocycles. The van der Waals surface area contributed by atoms with Crippen molar-refractivity contribution in [2.24, 2.45) is 0 Å². The molecule has 8 heteroatoms. The Morgan fingerprint density at radius 3 is 2.53 bits per heavy atom. The summed E-state index contributed by atoms with van der Waals surface area (Å²) in [5.74, 6) is 1.21. The number of ether oxygens (including phenoxy) is 2. The lowest BCUT2D eigenvalue weighted by molar-refractivity contribution is 0.0528. The van der Waals surface area contributed by atoms with Crippen LogP contribution < -0.4 is 4.74 Å². The molecule has 7 nitrogen and oxygen atoms in total. The van der Waals surface area contributed by atoms with Crippen molar-refractivity contribution in [3.8, 4) is 22.8 Å². The number of aromatic nitrogens is 3. The van der Waals surface area contributed by atoms with Gasteiger partial charge in [-0.2, -0.15) is 5.10 Å². The molecule has 0 spiro atoms. The maximum Gasteiger partial charge on any atom is 0.342 e. The quantitative estimate of drug-likeness (QED) is 0.228. The first-order valence-electron chi connectivity index (χ1n) is 10.8. The topological polar surface area (TPSA) is 82.3 Å². The second-order valence-corrected chi connectivity index (χ2v) is 7.84. The number of carbonyl (C=O) groups is 1. The number of hydrogen-bond donors (Lipinski definition) is 1. The number of aromatic amines is 1. The number of nitrogens with zero attached hydrogens (tertiary/aromatic N) is 2. The fourth-order valence-corrected chi connectivity index (χ4v) is 4.04. The zero-order chi connectivity index (χ0) is 23.5.